The molecular weight excluding hydrogens is 212 g/mol. The molecule has 0 aromatic carbocycles. The van der Waals surface area contributed by atoms with Gasteiger partial charge in [-0.3, -0.25) is 9.83 Å². The molecule has 0 aromatic rings. The molecule has 0 aromatic heterocycles. The third kappa shape index (κ3) is 6.47. The van der Waals surface area contributed by atoms with E-state index in [1.165, 1.54) is 38.5 Å². The first-order chi connectivity index (χ1) is 8.36. The lowest BCUT2D eigenvalue weighted by Crippen LogP contribution is -2.27. The largest absolute Gasteiger partial charge is 0.269 e. The van der Waals surface area contributed by atoms with Gasteiger partial charge in [-0.05, 0) is 18.9 Å². The first kappa shape index (κ1) is 14.2. The summed E-state index contributed by atoms with van der Waals surface area (Å²) in [6, 6.07) is 0. The number of hydrogen-bond donors (Lipinski definition) is 0. The maximum absolute atomic E-state index is 5.97. The third-order valence-electron chi connectivity index (χ3n) is 2.96. The Morgan fingerprint density at radius 3 is 2.59 bits per heavy atom. The van der Waals surface area contributed by atoms with E-state index in [2.05, 4.69) is 18.8 Å². The SMILES string of the molecule is CCCCCC(CCCC)ON1C=CC=NC1. The van der Waals surface area contributed by atoms with Gasteiger partial charge in [-0.25, -0.2) is 5.06 Å². The Hall–Kier alpha value is -0.830. The van der Waals surface area contributed by atoms with E-state index in [1.54, 1.807) is 0 Å². The van der Waals surface area contributed by atoms with Gasteiger partial charge in [-0.15, -0.1) is 0 Å². The zero-order valence-electron chi connectivity index (χ0n) is 11.3. The molecule has 3 heteroatoms. The molecule has 1 rings (SSSR count). The molecule has 1 unspecified atom stereocenters. The van der Waals surface area contributed by atoms with Crippen molar-refractivity contribution in [2.75, 3.05) is 6.67 Å². The van der Waals surface area contributed by atoms with Crippen LogP contribution in [0.5, 0.6) is 0 Å². The van der Waals surface area contributed by atoms with E-state index in [1.807, 2.05) is 23.6 Å². The molecule has 0 radical (unpaired) electrons. The van der Waals surface area contributed by atoms with Gasteiger partial charge in [0.2, 0.25) is 0 Å². The van der Waals surface area contributed by atoms with Crippen molar-refractivity contribution >= 4 is 6.21 Å². The van der Waals surface area contributed by atoms with Crippen LogP contribution in [0.2, 0.25) is 0 Å². The highest BCUT2D eigenvalue weighted by atomic mass is 16.7. The predicted molar refractivity (Wildman–Crippen MR) is 72.9 cm³/mol. The van der Waals surface area contributed by atoms with Gasteiger partial charge in [0.1, 0.15) is 6.67 Å². The molecule has 0 bridgehead atoms. The van der Waals surface area contributed by atoms with Crippen LogP contribution >= 0.6 is 0 Å². The quantitative estimate of drug-likeness (QED) is 0.569. The van der Waals surface area contributed by atoms with Crippen molar-refractivity contribution in [3.63, 3.8) is 0 Å². The van der Waals surface area contributed by atoms with E-state index < -0.39 is 0 Å². The van der Waals surface area contributed by atoms with Crippen LogP contribution in [-0.4, -0.2) is 24.1 Å². The summed E-state index contributed by atoms with van der Waals surface area (Å²) in [5.74, 6) is 0. The predicted octanol–water partition coefficient (Wildman–Crippen LogP) is 3.91. The first-order valence-electron chi connectivity index (χ1n) is 6.96. The van der Waals surface area contributed by atoms with Gasteiger partial charge in [-0.1, -0.05) is 46.0 Å². The fourth-order valence-corrected chi connectivity index (χ4v) is 1.93. The number of unbranched alkanes of at least 4 members (excludes halogenated alkanes) is 3. The summed E-state index contributed by atoms with van der Waals surface area (Å²) in [7, 11) is 0. The number of hydrogen-bond acceptors (Lipinski definition) is 3. The Labute approximate surface area is 106 Å². The topological polar surface area (TPSA) is 24.8 Å². The molecule has 3 nitrogen and oxygen atoms in total. The lowest BCUT2D eigenvalue weighted by molar-refractivity contribution is -0.168. The molecule has 1 aliphatic rings. The molecule has 0 saturated heterocycles. The van der Waals surface area contributed by atoms with Crippen LogP contribution in [0.3, 0.4) is 0 Å². The monoisotopic (exact) mass is 238 g/mol. The summed E-state index contributed by atoms with van der Waals surface area (Å²) in [5, 5.41) is 1.85. The van der Waals surface area contributed by atoms with Crippen molar-refractivity contribution in [2.24, 2.45) is 4.99 Å². The van der Waals surface area contributed by atoms with Crippen LogP contribution in [0.4, 0.5) is 0 Å². The first-order valence-corrected chi connectivity index (χ1v) is 6.96. The van der Waals surface area contributed by atoms with Gasteiger partial charge in [0, 0.05) is 12.4 Å². The molecule has 1 heterocycles. The minimum atomic E-state index is 0.361. The van der Waals surface area contributed by atoms with Gasteiger partial charge >= 0.3 is 0 Å². The second kappa shape index (κ2) is 9.23. The highest BCUT2D eigenvalue weighted by Gasteiger charge is 2.12. The standard InChI is InChI=1S/C14H26N2O/c1-3-5-7-10-14(9-6-4-2)17-16-12-8-11-15-13-16/h8,11-12,14H,3-7,9-10,13H2,1-2H3. The Balaban J connectivity index is 2.28. The third-order valence-corrected chi connectivity index (χ3v) is 2.96. The Bertz CT molecular complexity index is 238. The average molecular weight is 238 g/mol. The van der Waals surface area contributed by atoms with Crippen molar-refractivity contribution in [2.45, 2.75) is 64.9 Å². The van der Waals surface area contributed by atoms with Crippen molar-refractivity contribution in [3.8, 4) is 0 Å². The van der Waals surface area contributed by atoms with Gasteiger partial charge in [0.15, 0.2) is 0 Å². The zero-order chi connectivity index (χ0) is 12.3. The summed E-state index contributed by atoms with van der Waals surface area (Å²) < 4.78 is 0. The van der Waals surface area contributed by atoms with Crippen LogP contribution in [0.25, 0.3) is 0 Å². The van der Waals surface area contributed by atoms with E-state index in [4.69, 9.17) is 4.84 Å². The van der Waals surface area contributed by atoms with Crippen LogP contribution in [0.15, 0.2) is 17.3 Å². The molecule has 1 atom stereocenters. The molecule has 17 heavy (non-hydrogen) atoms. The Kier molecular flexibility index (Phi) is 7.72. The molecule has 0 amide bonds. The lowest BCUT2D eigenvalue weighted by atomic mass is 10.1. The molecule has 0 saturated carbocycles. The summed E-state index contributed by atoms with van der Waals surface area (Å²) >= 11 is 0. The average Bonchev–Trinajstić information content (AvgIpc) is 2.37. The van der Waals surface area contributed by atoms with Crippen LogP contribution in [-0.2, 0) is 4.84 Å². The fraction of sp³-hybridized carbons (Fsp3) is 0.786. The van der Waals surface area contributed by atoms with E-state index in [9.17, 15) is 0 Å². The fourth-order valence-electron chi connectivity index (χ4n) is 1.93. The van der Waals surface area contributed by atoms with Gasteiger partial charge in [0.25, 0.3) is 0 Å². The summed E-state index contributed by atoms with van der Waals surface area (Å²) in [4.78, 5) is 10.2. The normalized spacial score (nSPS) is 16.5. The number of allylic oxidation sites excluding steroid dienone is 1. The molecule has 98 valence electrons. The molecule has 1 aliphatic heterocycles. The van der Waals surface area contributed by atoms with E-state index in [0.717, 1.165) is 6.42 Å². The van der Waals surface area contributed by atoms with Gasteiger partial charge in [-0.2, -0.15) is 0 Å². The number of aliphatic imine (C=N–C) groups is 1. The van der Waals surface area contributed by atoms with Crippen LogP contribution < -0.4 is 0 Å². The van der Waals surface area contributed by atoms with E-state index >= 15 is 0 Å². The van der Waals surface area contributed by atoms with Crippen LogP contribution in [0, 0.1) is 0 Å². The minimum absolute atomic E-state index is 0.361. The molecular formula is C14H26N2O. The number of nitrogens with zero attached hydrogens (tertiary/aromatic N) is 2. The Morgan fingerprint density at radius 2 is 1.94 bits per heavy atom. The molecule has 0 spiro atoms. The van der Waals surface area contributed by atoms with Gasteiger partial charge in [0.05, 0.1) is 6.10 Å². The van der Waals surface area contributed by atoms with Crippen molar-refractivity contribution < 1.29 is 4.84 Å². The summed E-state index contributed by atoms with van der Waals surface area (Å²) in [6.07, 6.45) is 14.7. The second-order valence-corrected chi connectivity index (χ2v) is 4.60. The molecule has 0 aliphatic carbocycles. The highest BCUT2D eigenvalue weighted by molar-refractivity contribution is 5.71. The summed E-state index contributed by atoms with van der Waals surface area (Å²) in [5.41, 5.74) is 0. The smallest absolute Gasteiger partial charge is 0.135 e. The van der Waals surface area contributed by atoms with E-state index in [-0.39, 0.29) is 0 Å². The zero-order valence-corrected chi connectivity index (χ0v) is 11.3. The van der Waals surface area contributed by atoms with Gasteiger partial charge < -0.3 is 0 Å². The molecule has 0 fully saturated rings. The summed E-state index contributed by atoms with van der Waals surface area (Å²) in [6.45, 7) is 5.10. The highest BCUT2D eigenvalue weighted by Crippen LogP contribution is 2.15. The van der Waals surface area contributed by atoms with Crippen molar-refractivity contribution in [1.29, 1.82) is 0 Å². The number of hydroxylamine groups is 2. The Morgan fingerprint density at radius 1 is 1.18 bits per heavy atom. The maximum atomic E-state index is 5.97. The maximum Gasteiger partial charge on any atom is 0.135 e. The second-order valence-electron chi connectivity index (χ2n) is 4.60. The minimum Gasteiger partial charge on any atom is -0.269 e. The van der Waals surface area contributed by atoms with Crippen molar-refractivity contribution in [1.82, 2.24) is 5.06 Å². The number of rotatable bonds is 9. The lowest BCUT2D eigenvalue weighted by Gasteiger charge is -2.26. The van der Waals surface area contributed by atoms with Crippen molar-refractivity contribution in [3.05, 3.63) is 12.3 Å². The molecule has 0 N–H and O–H groups in total. The van der Waals surface area contributed by atoms with Crippen LogP contribution in [0.1, 0.15) is 58.8 Å². The van der Waals surface area contributed by atoms with E-state index in [0.29, 0.717) is 12.8 Å².